The summed E-state index contributed by atoms with van der Waals surface area (Å²) < 4.78 is 33.9. The van der Waals surface area contributed by atoms with Crippen LogP contribution in [0.3, 0.4) is 0 Å². The summed E-state index contributed by atoms with van der Waals surface area (Å²) in [4.78, 5) is 1.54. The number of likely N-dealkylation sites (tertiary alicyclic amines) is 1. The van der Waals surface area contributed by atoms with Gasteiger partial charge in [0, 0.05) is 35.7 Å². The van der Waals surface area contributed by atoms with Crippen molar-refractivity contribution >= 4 is 33.2 Å². The van der Waals surface area contributed by atoms with Gasteiger partial charge in [0.25, 0.3) is 0 Å². The number of rotatable bonds is 6. The van der Waals surface area contributed by atoms with Gasteiger partial charge in [-0.2, -0.15) is 9.57 Å². The first kappa shape index (κ1) is 20.7. The molecule has 9 heteroatoms. The topological polar surface area (TPSA) is 73.6 Å². The van der Waals surface area contributed by atoms with Gasteiger partial charge in [0.15, 0.2) is 6.19 Å². The lowest BCUT2D eigenvalue weighted by Crippen LogP contribution is -2.41. The minimum absolute atomic E-state index is 0.00930. The lowest BCUT2D eigenvalue weighted by atomic mass is 10.2. The van der Waals surface area contributed by atoms with E-state index in [4.69, 9.17) is 27.9 Å². The van der Waals surface area contributed by atoms with E-state index in [2.05, 4.69) is 6.19 Å². The zero-order valence-corrected chi connectivity index (χ0v) is 17.5. The fraction of sp³-hybridized carbons (Fsp3) is 0.316. The van der Waals surface area contributed by atoms with Gasteiger partial charge in [-0.25, -0.2) is 8.42 Å². The molecular formula is C19H19Cl2N3O3S. The maximum absolute atomic E-state index is 13.6. The van der Waals surface area contributed by atoms with Gasteiger partial charge in [-0.15, -0.1) is 0 Å². The van der Waals surface area contributed by atoms with Crippen LogP contribution in [-0.2, 0) is 16.6 Å². The van der Waals surface area contributed by atoms with E-state index in [9.17, 15) is 13.7 Å². The smallest absolute Gasteiger partial charge is 0.247 e. The van der Waals surface area contributed by atoms with Crippen LogP contribution >= 0.6 is 23.2 Å². The Hall–Kier alpha value is -1.98. The number of sulfonamides is 1. The van der Waals surface area contributed by atoms with Gasteiger partial charge in [0.1, 0.15) is 10.6 Å². The molecule has 0 N–H and O–H groups in total. The largest absolute Gasteiger partial charge is 0.495 e. The predicted molar refractivity (Wildman–Crippen MR) is 108 cm³/mol. The highest BCUT2D eigenvalue weighted by atomic mass is 35.5. The summed E-state index contributed by atoms with van der Waals surface area (Å²) in [5, 5.41) is 9.96. The van der Waals surface area contributed by atoms with Gasteiger partial charge in [-0.1, -0.05) is 41.4 Å². The van der Waals surface area contributed by atoms with Crippen LogP contribution < -0.4 is 4.74 Å². The van der Waals surface area contributed by atoms with E-state index in [0.29, 0.717) is 35.1 Å². The molecule has 0 spiro atoms. The Morgan fingerprint density at radius 3 is 2.68 bits per heavy atom. The number of hydrogen-bond acceptors (Lipinski definition) is 5. The van der Waals surface area contributed by atoms with Gasteiger partial charge < -0.3 is 9.64 Å². The van der Waals surface area contributed by atoms with Crippen LogP contribution in [0.1, 0.15) is 12.0 Å². The highest BCUT2D eigenvalue weighted by Crippen LogP contribution is 2.33. The van der Waals surface area contributed by atoms with Crippen molar-refractivity contribution in [2.75, 3.05) is 20.2 Å². The molecule has 0 bridgehead atoms. The fourth-order valence-corrected chi connectivity index (χ4v) is 5.49. The maximum Gasteiger partial charge on any atom is 0.247 e. The SMILES string of the molecule is COc1ccc(Cl)cc1S(=O)(=O)N(Cc1ccccc1Cl)C1CCN(C#N)C1. The first-order valence-corrected chi connectivity index (χ1v) is 10.8. The Labute approximate surface area is 174 Å². The van der Waals surface area contributed by atoms with Crippen molar-refractivity contribution in [3.8, 4) is 11.9 Å². The molecular weight excluding hydrogens is 421 g/mol. The number of halogens is 2. The number of hydrogen-bond donors (Lipinski definition) is 0. The van der Waals surface area contributed by atoms with Crippen LogP contribution in [0, 0.1) is 11.5 Å². The number of nitriles is 1. The summed E-state index contributed by atoms with van der Waals surface area (Å²) in [7, 11) is -2.56. The summed E-state index contributed by atoms with van der Waals surface area (Å²) in [6.07, 6.45) is 2.63. The second-order valence-corrected chi connectivity index (χ2v) is 9.13. The second-order valence-electron chi connectivity index (χ2n) is 6.43. The minimum atomic E-state index is -3.97. The zero-order chi connectivity index (χ0) is 20.3. The third kappa shape index (κ3) is 4.20. The monoisotopic (exact) mass is 439 g/mol. The van der Waals surface area contributed by atoms with Gasteiger partial charge in [-0.3, -0.25) is 0 Å². The average molecular weight is 440 g/mol. The molecule has 0 aliphatic carbocycles. The summed E-state index contributed by atoms with van der Waals surface area (Å²) in [5.74, 6) is 0.212. The highest BCUT2D eigenvalue weighted by Gasteiger charge is 2.37. The predicted octanol–water partition coefficient (Wildman–Crippen LogP) is 3.75. The number of ether oxygens (including phenoxy) is 1. The van der Waals surface area contributed by atoms with Crippen molar-refractivity contribution in [2.24, 2.45) is 0 Å². The molecule has 1 aliphatic heterocycles. The van der Waals surface area contributed by atoms with Gasteiger partial charge >= 0.3 is 0 Å². The summed E-state index contributed by atoms with van der Waals surface area (Å²) in [6, 6.07) is 11.2. The molecule has 1 saturated heterocycles. The van der Waals surface area contributed by atoms with Crippen LogP contribution in [-0.4, -0.2) is 43.9 Å². The van der Waals surface area contributed by atoms with Gasteiger partial charge in [0.05, 0.1) is 7.11 Å². The number of nitrogens with zero attached hydrogens (tertiary/aromatic N) is 3. The van der Waals surface area contributed by atoms with Crippen molar-refractivity contribution in [2.45, 2.75) is 23.9 Å². The molecule has 28 heavy (non-hydrogen) atoms. The Morgan fingerprint density at radius 2 is 2.04 bits per heavy atom. The standard InChI is InChI=1S/C19H19Cl2N3O3S/c1-27-18-7-6-15(20)10-19(18)28(25,26)24(16-8-9-23(12-16)13-22)11-14-4-2-3-5-17(14)21/h2-7,10,16H,8-9,11-12H2,1H3. The molecule has 2 aromatic rings. The second kappa shape index (κ2) is 8.58. The van der Waals surface area contributed by atoms with Crippen molar-refractivity contribution in [3.63, 3.8) is 0 Å². The molecule has 1 fully saturated rings. The molecule has 1 unspecified atom stereocenters. The molecule has 0 saturated carbocycles. The van der Waals surface area contributed by atoms with Gasteiger partial charge in [-0.05, 0) is 36.2 Å². The molecule has 1 atom stereocenters. The lowest BCUT2D eigenvalue weighted by Gasteiger charge is -2.29. The third-order valence-corrected chi connectivity index (χ3v) is 7.23. The van der Waals surface area contributed by atoms with Crippen molar-refractivity contribution in [1.82, 2.24) is 9.21 Å². The third-order valence-electron chi connectivity index (χ3n) is 4.71. The van der Waals surface area contributed by atoms with Crippen molar-refractivity contribution < 1.29 is 13.2 Å². The molecule has 0 aromatic heterocycles. The quantitative estimate of drug-likeness (QED) is 0.640. The molecule has 3 rings (SSSR count). The maximum atomic E-state index is 13.6. The molecule has 0 amide bonds. The highest BCUT2D eigenvalue weighted by molar-refractivity contribution is 7.89. The minimum Gasteiger partial charge on any atom is -0.495 e. The Morgan fingerprint density at radius 1 is 1.29 bits per heavy atom. The Balaban J connectivity index is 2.07. The zero-order valence-electron chi connectivity index (χ0n) is 15.2. The van der Waals surface area contributed by atoms with E-state index in [1.54, 1.807) is 29.2 Å². The first-order chi connectivity index (χ1) is 13.4. The van der Waals surface area contributed by atoms with Gasteiger partial charge in [0.2, 0.25) is 10.0 Å². The lowest BCUT2D eigenvalue weighted by molar-refractivity contribution is 0.312. The summed E-state index contributed by atoms with van der Waals surface area (Å²) in [6.45, 7) is 0.910. The number of methoxy groups -OCH3 is 1. The van der Waals surface area contributed by atoms with Crippen LogP contribution in [0.2, 0.25) is 10.0 Å². The van der Waals surface area contributed by atoms with E-state index >= 15 is 0 Å². The van der Waals surface area contributed by atoms with Crippen LogP contribution in [0.15, 0.2) is 47.4 Å². The average Bonchev–Trinajstić information content (AvgIpc) is 3.16. The Bertz CT molecular complexity index is 1010. The fourth-order valence-electron chi connectivity index (χ4n) is 3.25. The molecule has 1 aliphatic rings. The van der Waals surface area contributed by atoms with Crippen LogP contribution in [0.5, 0.6) is 5.75 Å². The molecule has 2 aromatic carbocycles. The van der Waals surface area contributed by atoms with E-state index < -0.39 is 10.0 Å². The molecule has 0 radical (unpaired) electrons. The van der Waals surface area contributed by atoms with Crippen LogP contribution in [0.25, 0.3) is 0 Å². The van der Waals surface area contributed by atoms with E-state index in [0.717, 1.165) is 0 Å². The summed E-state index contributed by atoms with van der Waals surface area (Å²) in [5.41, 5.74) is 0.684. The van der Waals surface area contributed by atoms with E-state index in [-0.39, 0.29) is 23.2 Å². The van der Waals surface area contributed by atoms with E-state index in [1.807, 2.05) is 6.07 Å². The van der Waals surface area contributed by atoms with Crippen LogP contribution in [0.4, 0.5) is 0 Å². The normalized spacial score (nSPS) is 17.0. The molecule has 148 valence electrons. The number of benzene rings is 2. The van der Waals surface area contributed by atoms with Crippen molar-refractivity contribution in [3.05, 3.63) is 58.1 Å². The first-order valence-electron chi connectivity index (χ1n) is 8.60. The summed E-state index contributed by atoms with van der Waals surface area (Å²) >= 11 is 12.3. The molecule has 6 nitrogen and oxygen atoms in total. The molecule has 1 heterocycles. The Kier molecular flexibility index (Phi) is 6.36. The van der Waals surface area contributed by atoms with E-state index in [1.165, 1.54) is 23.5 Å². The van der Waals surface area contributed by atoms with Crippen molar-refractivity contribution in [1.29, 1.82) is 5.26 Å².